The molecule has 2 heterocycles. The summed E-state index contributed by atoms with van der Waals surface area (Å²) in [5.41, 5.74) is 2.09. The minimum Gasteiger partial charge on any atom is -0.380 e. The zero-order chi connectivity index (χ0) is 18.6. The van der Waals surface area contributed by atoms with Crippen LogP contribution in [-0.4, -0.2) is 18.4 Å². The summed E-state index contributed by atoms with van der Waals surface area (Å²) in [6.45, 7) is 2.12. The number of rotatable bonds is 6. The predicted molar refractivity (Wildman–Crippen MR) is 97.7 cm³/mol. The number of aromatic nitrogens is 2. The van der Waals surface area contributed by atoms with Gasteiger partial charge in [-0.3, -0.25) is 9.71 Å². The second-order valence-corrected chi connectivity index (χ2v) is 7.31. The monoisotopic (exact) mass is 372 g/mol. The van der Waals surface area contributed by atoms with Gasteiger partial charge in [0.2, 0.25) is 0 Å². The SMILES string of the molecule is Cc1cc(F)ccc1S(=O)(=O)Nc1ccc(NCc2cccnc2)cn1. The van der Waals surface area contributed by atoms with Crippen molar-refractivity contribution in [3.63, 3.8) is 0 Å². The number of aryl methyl sites for hydroxylation is 1. The average molecular weight is 372 g/mol. The highest BCUT2D eigenvalue weighted by atomic mass is 32.2. The maximum atomic E-state index is 13.2. The molecule has 0 saturated heterocycles. The van der Waals surface area contributed by atoms with Crippen LogP contribution in [0.25, 0.3) is 0 Å². The van der Waals surface area contributed by atoms with Gasteiger partial charge in [0.1, 0.15) is 11.6 Å². The number of hydrogen-bond donors (Lipinski definition) is 2. The van der Waals surface area contributed by atoms with Gasteiger partial charge in [0.05, 0.1) is 16.8 Å². The van der Waals surface area contributed by atoms with Gasteiger partial charge in [-0.15, -0.1) is 0 Å². The van der Waals surface area contributed by atoms with E-state index in [1.807, 2.05) is 12.1 Å². The van der Waals surface area contributed by atoms with Crippen LogP contribution in [0.1, 0.15) is 11.1 Å². The molecular formula is C18H17FN4O2S. The Kier molecular flexibility index (Phi) is 5.13. The van der Waals surface area contributed by atoms with Crippen LogP contribution >= 0.6 is 0 Å². The minimum absolute atomic E-state index is 0.0134. The summed E-state index contributed by atoms with van der Waals surface area (Å²) in [5, 5.41) is 3.18. The molecule has 6 nitrogen and oxygen atoms in total. The first kappa shape index (κ1) is 17.8. The van der Waals surface area contributed by atoms with E-state index in [2.05, 4.69) is 20.0 Å². The molecule has 0 atom stereocenters. The molecule has 0 radical (unpaired) electrons. The number of halogens is 1. The van der Waals surface area contributed by atoms with Crippen molar-refractivity contribution in [2.75, 3.05) is 10.0 Å². The predicted octanol–water partition coefficient (Wildman–Crippen LogP) is 3.34. The van der Waals surface area contributed by atoms with Crippen molar-refractivity contribution in [1.29, 1.82) is 0 Å². The lowest BCUT2D eigenvalue weighted by atomic mass is 10.2. The molecule has 0 fully saturated rings. The molecule has 0 bridgehead atoms. The zero-order valence-electron chi connectivity index (χ0n) is 14.0. The molecule has 2 aromatic heterocycles. The highest BCUT2D eigenvalue weighted by Gasteiger charge is 2.17. The molecule has 0 aliphatic heterocycles. The van der Waals surface area contributed by atoms with Gasteiger partial charge in [-0.25, -0.2) is 17.8 Å². The molecule has 0 saturated carbocycles. The van der Waals surface area contributed by atoms with Crippen molar-refractivity contribution in [2.24, 2.45) is 0 Å². The van der Waals surface area contributed by atoms with Gasteiger partial charge < -0.3 is 5.32 Å². The highest BCUT2D eigenvalue weighted by molar-refractivity contribution is 7.92. The molecule has 0 aliphatic rings. The molecule has 0 unspecified atom stereocenters. The van der Waals surface area contributed by atoms with Crippen molar-refractivity contribution in [3.05, 3.63) is 78.0 Å². The van der Waals surface area contributed by atoms with E-state index in [1.54, 1.807) is 24.5 Å². The third-order valence-electron chi connectivity index (χ3n) is 3.65. The fourth-order valence-corrected chi connectivity index (χ4v) is 3.61. The third kappa shape index (κ3) is 4.34. The second kappa shape index (κ2) is 7.49. The lowest BCUT2D eigenvalue weighted by molar-refractivity contribution is 0.598. The largest absolute Gasteiger partial charge is 0.380 e. The van der Waals surface area contributed by atoms with Crippen LogP contribution in [-0.2, 0) is 16.6 Å². The molecule has 2 N–H and O–H groups in total. The van der Waals surface area contributed by atoms with Gasteiger partial charge in [0.25, 0.3) is 10.0 Å². The molecule has 134 valence electrons. The Hall–Kier alpha value is -3.00. The minimum atomic E-state index is -3.84. The van der Waals surface area contributed by atoms with E-state index >= 15 is 0 Å². The summed E-state index contributed by atoms with van der Waals surface area (Å²) in [5.74, 6) is -0.302. The van der Waals surface area contributed by atoms with E-state index in [0.29, 0.717) is 12.1 Å². The Balaban J connectivity index is 1.68. The summed E-state index contributed by atoms with van der Waals surface area (Å²) in [4.78, 5) is 8.16. The second-order valence-electron chi connectivity index (χ2n) is 5.66. The molecular weight excluding hydrogens is 355 g/mol. The topological polar surface area (TPSA) is 84.0 Å². The van der Waals surface area contributed by atoms with Gasteiger partial charge >= 0.3 is 0 Å². The van der Waals surface area contributed by atoms with Crippen molar-refractivity contribution in [1.82, 2.24) is 9.97 Å². The number of pyridine rings is 2. The van der Waals surface area contributed by atoms with Crippen LogP contribution in [0.5, 0.6) is 0 Å². The van der Waals surface area contributed by atoms with Crippen LogP contribution in [0, 0.1) is 12.7 Å². The summed E-state index contributed by atoms with van der Waals surface area (Å²) in [6, 6.07) is 10.6. The molecule has 26 heavy (non-hydrogen) atoms. The highest BCUT2D eigenvalue weighted by Crippen LogP contribution is 2.20. The van der Waals surface area contributed by atoms with Crippen LogP contribution in [0.2, 0.25) is 0 Å². The summed E-state index contributed by atoms with van der Waals surface area (Å²) < 4.78 is 40.4. The number of nitrogens with zero attached hydrogens (tertiary/aromatic N) is 2. The number of sulfonamides is 1. The van der Waals surface area contributed by atoms with E-state index in [0.717, 1.165) is 17.3 Å². The van der Waals surface area contributed by atoms with Crippen molar-refractivity contribution < 1.29 is 12.8 Å². The van der Waals surface area contributed by atoms with Crippen LogP contribution < -0.4 is 10.0 Å². The maximum absolute atomic E-state index is 13.2. The Morgan fingerprint density at radius 3 is 2.62 bits per heavy atom. The van der Waals surface area contributed by atoms with Crippen LogP contribution in [0.15, 0.2) is 66.0 Å². The summed E-state index contributed by atoms with van der Waals surface area (Å²) >= 11 is 0. The number of hydrogen-bond acceptors (Lipinski definition) is 5. The van der Waals surface area contributed by atoms with E-state index in [-0.39, 0.29) is 10.7 Å². The standard InChI is InChI=1S/C18H17FN4O2S/c1-13-9-15(19)4-6-17(13)26(24,25)23-18-7-5-16(12-22-18)21-11-14-3-2-8-20-10-14/h2-10,12,21H,11H2,1H3,(H,22,23). The van der Waals surface area contributed by atoms with E-state index in [9.17, 15) is 12.8 Å². The lowest BCUT2D eigenvalue weighted by Crippen LogP contribution is -2.15. The lowest BCUT2D eigenvalue weighted by Gasteiger charge is -2.11. The van der Waals surface area contributed by atoms with Crippen molar-refractivity contribution in [3.8, 4) is 0 Å². The molecule has 3 rings (SSSR count). The van der Waals surface area contributed by atoms with Crippen molar-refractivity contribution >= 4 is 21.5 Å². The Morgan fingerprint density at radius 1 is 1.12 bits per heavy atom. The zero-order valence-corrected chi connectivity index (χ0v) is 14.8. The van der Waals surface area contributed by atoms with E-state index < -0.39 is 15.8 Å². The van der Waals surface area contributed by atoms with Gasteiger partial charge in [-0.05, 0) is 54.4 Å². The molecule has 8 heteroatoms. The first-order valence-corrected chi connectivity index (χ1v) is 9.30. The number of anilines is 2. The molecule has 3 aromatic rings. The first-order chi connectivity index (χ1) is 12.4. The van der Waals surface area contributed by atoms with Gasteiger partial charge in [-0.1, -0.05) is 6.07 Å². The Morgan fingerprint density at radius 2 is 1.96 bits per heavy atom. The molecule has 0 spiro atoms. The summed E-state index contributed by atoms with van der Waals surface area (Å²) in [7, 11) is -3.84. The molecule has 0 aliphatic carbocycles. The van der Waals surface area contributed by atoms with E-state index in [4.69, 9.17) is 0 Å². The van der Waals surface area contributed by atoms with Crippen LogP contribution in [0.4, 0.5) is 15.9 Å². The molecule has 0 amide bonds. The average Bonchev–Trinajstić information content (AvgIpc) is 2.61. The number of nitrogens with one attached hydrogen (secondary N) is 2. The van der Waals surface area contributed by atoms with Crippen molar-refractivity contribution in [2.45, 2.75) is 18.4 Å². The summed E-state index contributed by atoms with van der Waals surface area (Å²) in [6.07, 6.45) is 4.99. The van der Waals surface area contributed by atoms with Gasteiger partial charge in [0.15, 0.2) is 0 Å². The quantitative estimate of drug-likeness (QED) is 0.693. The van der Waals surface area contributed by atoms with Gasteiger partial charge in [-0.2, -0.15) is 0 Å². The van der Waals surface area contributed by atoms with Gasteiger partial charge in [0, 0.05) is 18.9 Å². The fraction of sp³-hybridized carbons (Fsp3) is 0.111. The maximum Gasteiger partial charge on any atom is 0.263 e. The first-order valence-electron chi connectivity index (χ1n) is 7.82. The Bertz CT molecular complexity index is 993. The third-order valence-corrected chi connectivity index (χ3v) is 5.16. The Labute approximate surface area is 151 Å². The van der Waals surface area contributed by atoms with Crippen LogP contribution in [0.3, 0.4) is 0 Å². The fourth-order valence-electron chi connectivity index (χ4n) is 2.37. The van der Waals surface area contributed by atoms with E-state index in [1.165, 1.54) is 25.3 Å². The number of benzene rings is 1. The smallest absolute Gasteiger partial charge is 0.263 e. The normalized spacial score (nSPS) is 11.2. The molecule has 1 aromatic carbocycles.